The van der Waals surface area contributed by atoms with E-state index in [4.69, 9.17) is 9.47 Å². The molecule has 6 heteroatoms. The maximum Gasteiger partial charge on any atom is 0.308 e. The first kappa shape index (κ1) is 14.4. The Morgan fingerprint density at radius 1 is 1.24 bits per heavy atom. The van der Waals surface area contributed by atoms with Gasteiger partial charge in [0.05, 0.1) is 24.7 Å². The van der Waals surface area contributed by atoms with E-state index in [-0.39, 0.29) is 12.5 Å². The number of hydrogen-bond acceptors (Lipinski definition) is 6. The summed E-state index contributed by atoms with van der Waals surface area (Å²) in [5.41, 5.74) is 0. The molecule has 5 atom stereocenters. The van der Waals surface area contributed by atoms with Crippen LogP contribution in [0.2, 0.25) is 0 Å². The zero-order valence-corrected chi connectivity index (χ0v) is 10.2. The van der Waals surface area contributed by atoms with E-state index in [1.807, 2.05) is 0 Å². The second-order valence-electron chi connectivity index (χ2n) is 4.59. The highest BCUT2D eigenvalue weighted by atomic mass is 16.6. The smallest absolute Gasteiger partial charge is 0.308 e. The highest BCUT2D eigenvalue weighted by molar-refractivity contribution is 5.70. The van der Waals surface area contributed by atoms with E-state index in [0.29, 0.717) is 0 Å². The van der Waals surface area contributed by atoms with Crippen molar-refractivity contribution in [3.8, 4) is 0 Å². The maximum atomic E-state index is 11.4. The zero-order chi connectivity index (χ0) is 13.2. The Bertz CT molecular complexity index is 267. The first-order valence-corrected chi connectivity index (χ1v) is 5.72. The van der Waals surface area contributed by atoms with Crippen molar-refractivity contribution in [3.63, 3.8) is 0 Å². The van der Waals surface area contributed by atoms with Gasteiger partial charge in [-0.2, -0.15) is 0 Å². The second kappa shape index (κ2) is 5.77. The molecular weight excluding hydrogens is 228 g/mol. The highest BCUT2D eigenvalue weighted by Crippen LogP contribution is 2.23. The Morgan fingerprint density at radius 3 is 2.35 bits per heavy atom. The van der Waals surface area contributed by atoms with Crippen LogP contribution in [0.15, 0.2) is 0 Å². The number of hydrogen-bond donors (Lipinski definition) is 3. The SMILES string of the molecule is CC(C)OC(=O)CC1O[C@@H](C)[C@H](O)[C@@H](O)[C@H]1O. The Kier molecular flexibility index (Phi) is 4.88. The normalized spacial score (nSPS) is 38.2. The third-order valence-electron chi connectivity index (χ3n) is 2.69. The van der Waals surface area contributed by atoms with Gasteiger partial charge in [-0.1, -0.05) is 0 Å². The molecule has 6 nitrogen and oxygen atoms in total. The average Bonchev–Trinajstić information content (AvgIpc) is 2.21. The molecule has 0 radical (unpaired) electrons. The minimum atomic E-state index is -1.31. The van der Waals surface area contributed by atoms with Crippen molar-refractivity contribution in [2.24, 2.45) is 0 Å². The van der Waals surface area contributed by atoms with E-state index in [9.17, 15) is 20.1 Å². The topological polar surface area (TPSA) is 96.2 Å². The minimum Gasteiger partial charge on any atom is -0.463 e. The van der Waals surface area contributed by atoms with Gasteiger partial charge >= 0.3 is 5.97 Å². The molecule has 1 aliphatic heterocycles. The van der Waals surface area contributed by atoms with E-state index in [0.717, 1.165) is 0 Å². The summed E-state index contributed by atoms with van der Waals surface area (Å²) in [6, 6.07) is 0. The molecule has 0 aromatic carbocycles. The number of ether oxygens (including phenoxy) is 2. The van der Waals surface area contributed by atoms with E-state index >= 15 is 0 Å². The fourth-order valence-electron chi connectivity index (χ4n) is 1.78. The largest absolute Gasteiger partial charge is 0.463 e. The zero-order valence-electron chi connectivity index (χ0n) is 10.2. The first-order valence-electron chi connectivity index (χ1n) is 5.72. The minimum absolute atomic E-state index is 0.145. The van der Waals surface area contributed by atoms with Crippen LogP contribution < -0.4 is 0 Å². The Hall–Kier alpha value is -0.690. The van der Waals surface area contributed by atoms with Crippen LogP contribution in [0.3, 0.4) is 0 Å². The average molecular weight is 248 g/mol. The van der Waals surface area contributed by atoms with Crippen LogP contribution in [0.4, 0.5) is 0 Å². The van der Waals surface area contributed by atoms with Crippen LogP contribution >= 0.6 is 0 Å². The third kappa shape index (κ3) is 3.64. The molecule has 17 heavy (non-hydrogen) atoms. The predicted octanol–water partition coefficient (Wildman–Crippen LogP) is -0.802. The highest BCUT2D eigenvalue weighted by Gasteiger charge is 2.42. The van der Waals surface area contributed by atoms with Gasteiger partial charge in [0, 0.05) is 0 Å². The second-order valence-corrected chi connectivity index (χ2v) is 4.59. The summed E-state index contributed by atoms with van der Waals surface area (Å²) >= 11 is 0. The number of carbonyl (C=O) groups excluding carboxylic acids is 1. The molecule has 1 fully saturated rings. The summed E-state index contributed by atoms with van der Waals surface area (Å²) in [5, 5.41) is 28.7. The lowest BCUT2D eigenvalue weighted by molar-refractivity contribution is -0.220. The van der Waals surface area contributed by atoms with Gasteiger partial charge in [-0.05, 0) is 20.8 Å². The van der Waals surface area contributed by atoms with Crippen molar-refractivity contribution < 1.29 is 29.6 Å². The first-order chi connectivity index (χ1) is 7.82. The van der Waals surface area contributed by atoms with Crippen LogP contribution in [0.5, 0.6) is 0 Å². The van der Waals surface area contributed by atoms with Gasteiger partial charge in [0.25, 0.3) is 0 Å². The molecule has 1 heterocycles. The van der Waals surface area contributed by atoms with Crippen molar-refractivity contribution in [1.82, 2.24) is 0 Å². The molecule has 0 aliphatic carbocycles. The van der Waals surface area contributed by atoms with Gasteiger partial charge in [0.2, 0.25) is 0 Å². The van der Waals surface area contributed by atoms with Gasteiger partial charge in [0.15, 0.2) is 0 Å². The van der Waals surface area contributed by atoms with Crippen LogP contribution in [0.25, 0.3) is 0 Å². The monoisotopic (exact) mass is 248 g/mol. The number of rotatable bonds is 3. The molecule has 1 aliphatic rings. The summed E-state index contributed by atoms with van der Waals surface area (Å²) in [6.45, 7) is 5.01. The number of esters is 1. The van der Waals surface area contributed by atoms with Crippen LogP contribution in [0, 0.1) is 0 Å². The third-order valence-corrected chi connectivity index (χ3v) is 2.69. The van der Waals surface area contributed by atoms with Crippen molar-refractivity contribution in [1.29, 1.82) is 0 Å². The Morgan fingerprint density at radius 2 is 1.82 bits per heavy atom. The Balaban J connectivity index is 2.56. The summed E-state index contributed by atoms with van der Waals surface area (Å²) in [4.78, 5) is 11.4. The van der Waals surface area contributed by atoms with E-state index in [2.05, 4.69) is 0 Å². The van der Waals surface area contributed by atoms with Gasteiger partial charge in [-0.25, -0.2) is 0 Å². The van der Waals surface area contributed by atoms with Crippen molar-refractivity contribution in [2.75, 3.05) is 0 Å². The van der Waals surface area contributed by atoms with Crippen LogP contribution in [0.1, 0.15) is 27.2 Å². The number of aliphatic hydroxyl groups excluding tert-OH is 3. The molecule has 0 aromatic heterocycles. The molecule has 1 unspecified atom stereocenters. The molecule has 0 bridgehead atoms. The molecule has 0 amide bonds. The van der Waals surface area contributed by atoms with Crippen LogP contribution in [-0.2, 0) is 14.3 Å². The van der Waals surface area contributed by atoms with Crippen molar-refractivity contribution >= 4 is 5.97 Å². The van der Waals surface area contributed by atoms with E-state index in [1.165, 1.54) is 0 Å². The molecule has 100 valence electrons. The molecule has 3 N–H and O–H groups in total. The number of aliphatic hydroxyl groups is 3. The van der Waals surface area contributed by atoms with Gasteiger partial charge in [-0.3, -0.25) is 4.79 Å². The lowest BCUT2D eigenvalue weighted by Gasteiger charge is -2.39. The van der Waals surface area contributed by atoms with E-state index in [1.54, 1.807) is 20.8 Å². The van der Waals surface area contributed by atoms with Crippen LogP contribution in [-0.4, -0.2) is 57.9 Å². The summed E-state index contributed by atoms with van der Waals surface area (Å²) < 4.78 is 10.2. The molecular formula is C11H20O6. The van der Waals surface area contributed by atoms with Crippen molar-refractivity contribution in [2.45, 2.75) is 63.8 Å². The summed E-state index contributed by atoms with van der Waals surface area (Å²) in [7, 11) is 0. The van der Waals surface area contributed by atoms with Crippen molar-refractivity contribution in [3.05, 3.63) is 0 Å². The van der Waals surface area contributed by atoms with E-state index < -0.39 is 36.5 Å². The molecule has 0 aromatic rings. The predicted molar refractivity (Wildman–Crippen MR) is 58.2 cm³/mol. The molecule has 0 spiro atoms. The molecule has 1 rings (SSSR count). The standard InChI is InChI=1S/C11H20O6/c1-5(2)16-8(12)4-7-10(14)11(15)9(13)6(3)17-7/h5-7,9-11,13-15H,4H2,1-3H3/t6-,7?,9-,10-,11+/m0/s1. The van der Waals surface area contributed by atoms with Gasteiger partial charge in [-0.15, -0.1) is 0 Å². The fraction of sp³-hybridized carbons (Fsp3) is 0.909. The Labute approximate surface area is 100 Å². The maximum absolute atomic E-state index is 11.4. The number of carbonyl (C=O) groups is 1. The summed E-state index contributed by atoms with van der Waals surface area (Å²) in [5.74, 6) is -0.500. The summed E-state index contributed by atoms with van der Waals surface area (Å²) in [6.07, 6.45) is -5.62. The molecule has 1 saturated heterocycles. The molecule has 0 saturated carbocycles. The van der Waals surface area contributed by atoms with Gasteiger partial charge < -0.3 is 24.8 Å². The lowest BCUT2D eigenvalue weighted by Crippen LogP contribution is -2.57. The fourth-order valence-corrected chi connectivity index (χ4v) is 1.78. The quantitative estimate of drug-likeness (QED) is 0.566. The van der Waals surface area contributed by atoms with Gasteiger partial charge in [0.1, 0.15) is 18.3 Å². The lowest BCUT2D eigenvalue weighted by atomic mass is 9.94.